The summed E-state index contributed by atoms with van der Waals surface area (Å²) in [6.07, 6.45) is 3.59. The van der Waals surface area contributed by atoms with Crippen LogP contribution in [0.3, 0.4) is 0 Å². The molecule has 3 nitrogen and oxygen atoms in total. The van der Waals surface area contributed by atoms with E-state index in [1.807, 2.05) is 0 Å². The first-order chi connectivity index (χ1) is 9.18. The lowest BCUT2D eigenvalue weighted by Crippen LogP contribution is -2.12. The zero-order valence-electron chi connectivity index (χ0n) is 11.4. The van der Waals surface area contributed by atoms with E-state index in [1.165, 1.54) is 17.4 Å². The second-order valence-electron chi connectivity index (χ2n) is 5.51. The summed E-state index contributed by atoms with van der Waals surface area (Å²) in [7, 11) is 0. The number of nitrogens with one attached hydrogen (secondary N) is 1. The Labute approximate surface area is 121 Å². The van der Waals surface area contributed by atoms with Gasteiger partial charge in [0.1, 0.15) is 6.10 Å². The molecule has 1 aliphatic heterocycles. The molecule has 0 amide bonds. The van der Waals surface area contributed by atoms with Gasteiger partial charge in [-0.15, -0.1) is 0 Å². The number of nitrogens with zero attached hydrogens (tertiary/aromatic N) is 1. The van der Waals surface area contributed by atoms with E-state index in [1.54, 1.807) is 0 Å². The number of H-pyrrole nitrogens is 1. The van der Waals surface area contributed by atoms with Crippen LogP contribution in [0.25, 0.3) is 10.9 Å². The van der Waals surface area contributed by atoms with E-state index < -0.39 is 0 Å². The van der Waals surface area contributed by atoms with Crippen LogP contribution in [0, 0.1) is 0 Å². The Morgan fingerprint density at radius 3 is 2.89 bits per heavy atom. The number of fused-ring (bicyclic) bond motifs is 1. The minimum absolute atomic E-state index is 0.140. The standard InChI is InChI=1S/C15H19BrN2O/c1-9(2)10-6-7-11-13(14(10)16)15(18-17-11)12-5-3-4-8-19-12/h6-7,9,12H,3-5,8H2,1-2H3,(H,17,18). The molecule has 0 saturated carbocycles. The van der Waals surface area contributed by atoms with Crippen LogP contribution in [0.4, 0.5) is 0 Å². The molecule has 1 aromatic carbocycles. The van der Waals surface area contributed by atoms with Gasteiger partial charge in [0.25, 0.3) is 0 Å². The number of hydrogen-bond donors (Lipinski definition) is 1. The lowest BCUT2D eigenvalue weighted by Gasteiger charge is -2.21. The number of hydrogen-bond acceptors (Lipinski definition) is 2. The molecule has 2 aromatic rings. The van der Waals surface area contributed by atoms with Crippen molar-refractivity contribution in [1.29, 1.82) is 0 Å². The van der Waals surface area contributed by atoms with E-state index in [-0.39, 0.29) is 6.10 Å². The maximum absolute atomic E-state index is 5.88. The molecule has 1 saturated heterocycles. The van der Waals surface area contributed by atoms with Crippen LogP contribution in [-0.4, -0.2) is 16.8 Å². The van der Waals surface area contributed by atoms with E-state index in [9.17, 15) is 0 Å². The maximum Gasteiger partial charge on any atom is 0.102 e. The average Bonchev–Trinajstić information content (AvgIpc) is 2.84. The van der Waals surface area contributed by atoms with Crippen molar-refractivity contribution in [2.75, 3.05) is 6.61 Å². The van der Waals surface area contributed by atoms with Gasteiger partial charge >= 0.3 is 0 Å². The molecule has 1 unspecified atom stereocenters. The molecule has 1 atom stereocenters. The second-order valence-corrected chi connectivity index (χ2v) is 6.30. The van der Waals surface area contributed by atoms with Gasteiger partial charge in [-0.05, 0) is 52.7 Å². The first-order valence-corrected chi connectivity index (χ1v) is 7.75. The number of aromatic amines is 1. The smallest absolute Gasteiger partial charge is 0.102 e. The Morgan fingerprint density at radius 1 is 1.37 bits per heavy atom. The zero-order chi connectivity index (χ0) is 13.4. The second kappa shape index (κ2) is 5.25. The van der Waals surface area contributed by atoms with Gasteiger partial charge in [-0.2, -0.15) is 5.10 Å². The molecule has 1 aliphatic rings. The fourth-order valence-electron chi connectivity index (χ4n) is 2.75. The molecule has 1 aromatic heterocycles. The molecule has 1 N–H and O–H groups in total. The van der Waals surface area contributed by atoms with Crippen molar-refractivity contribution < 1.29 is 4.74 Å². The maximum atomic E-state index is 5.88. The molecule has 0 bridgehead atoms. The number of rotatable bonds is 2. The summed E-state index contributed by atoms with van der Waals surface area (Å²) in [5, 5.41) is 8.83. The van der Waals surface area contributed by atoms with Crippen LogP contribution in [0.2, 0.25) is 0 Å². The van der Waals surface area contributed by atoms with Gasteiger partial charge in [0.15, 0.2) is 0 Å². The molecular weight excluding hydrogens is 304 g/mol. The predicted molar refractivity (Wildman–Crippen MR) is 80.4 cm³/mol. The summed E-state index contributed by atoms with van der Waals surface area (Å²) in [4.78, 5) is 0. The number of halogens is 1. The Morgan fingerprint density at radius 2 is 2.21 bits per heavy atom. The summed E-state index contributed by atoms with van der Waals surface area (Å²) >= 11 is 3.76. The van der Waals surface area contributed by atoms with Gasteiger partial charge < -0.3 is 4.74 Å². The molecule has 3 rings (SSSR count). The molecule has 0 spiro atoms. The highest BCUT2D eigenvalue weighted by Crippen LogP contribution is 2.38. The Bertz CT molecular complexity index is 585. The predicted octanol–water partition coefficient (Wildman–Crippen LogP) is 4.69. The minimum Gasteiger partial charge on any atom is -0.372 e. The summed E-state index contributed by atoms with van der Waals surface area (Å²) in [6.45, 7) is 5.27. The Balaban J connectivity index is 2.12. The van der Waals surface area contributed by atoms with Crippen LogP contribution in [0.5, 0.6) is 0 Å². The van der Waals surface area contributed by atoms with E-state index in [0.29, 0.717) is 5.92 Å². The van der Waals surface area contributed by atoms with Crippen molar-refractivity contribution in [1.82, 2.24) is 10.2 Å². The molecule has 0 radical (unpaired) electrons. The number of aromatic nitrogens is 2. The van der Waals surface area contributed by atoms with Crippen molar-refractivity contribution in [2.45, 2.75) is 45.1 Å². The number of benzene rings is 1. The third kappa shape index (κ3) is 2.32. The highest BCUT2D eigenvalue weighted by atomic mass is 79.9. The van der Waals surface area contributed by atoms with Crippen molar-refractivity contribution >= 4 is 26.8 Å². The lowest BCUT2D eigenvalue weighted by molar-refractivity contribution is 0.0131. The number of ether oxygens (including phenoxy) is 1. The van der Waals surface area contributed by atoms with Crippen LogP contribution in [-0.2, 0) is 4.74 Å². The summed E-state index contributed by atoms with van der Waals surface area (Å²) < 4.78 is 7.05. The fourth-order valence-corrected chi connectivity index (χ4v) is 3.75. The minimum atomic E-state index is 0.140. The van der Waals surface area contributed by atoms with Gasteiger partial charge in [-0.3, -0.25) is 5.10 Å². The largest absolute Gasteiger partial charge is 0.372 e. The summed E-state index contributed by atoms with van der Waals surface area (Å²) in [6, 6.07) is 4.29. The monoisotopic (exact) mass is 322 g/mol. The van der Waals surface area contributed by atoms with Crippen LogP contribution in [0.15, 0.2) is 16.6 Å². The van der Waals surface area contributed by atoms with E-state index in [4.69, 9.17) is 4.74 Å². The summed E-state index contributed by atoms with van der Waals surface area (Å²) in [5.41, 5.74) is 3.47. The first-order valence-electron chi connectivity index (χ1n) is 6.96. The van der Waals surface area contributed by atoms with Crippen molar-refractivity contribution in [3.8, 4) is 0 Å². The molecule has 102 valence electrons. The van der Waals surface area contributed by atoms with Crippen molar-refractivity contribution in [3.05, 3.63) is 27.9 Å². The average molecular weight is 323 g/mol. The Hall–Kier alpha value is -0.870. The molecule has 1 fully saturated rings. The molecule has 4 heteroatoms. The quantitative estimate of drug-likeness (QED) is 0.870. The van der Waals surface area contributed by atoms with Gasteiger partial charge in [0, 0.05) is 16.5 Å². The molecule has 2 heterocycles. The van der Waals surface area contributed by atoms with E-state index >= 15 is 0 Å². The highest BCUT2D eigenvalue weighted by Gasteiger charge is 2.23. The molecular formula is C15H19BrN2O. The third-order valence-electron chi connectivity index (χ3n) is 3.83. The lowest BCUT2D eigenvalue weighted by atomic mass is 9.98. The van der Waals surface area contributed by atoms with Crippen molar-refractivity contribution in [2.24, 2.45) is 0 Å². The fraction of sp³-hybridized carbons (Fsp3) is 0.533. The van der Waals surface area contributed by atoms with Gasteiger partial charge in [-0.25, -0.2) is 0 Å². The SMILES string of the molecule is CC(C)c1ccc2[nH]nc(C3CCCCO3)c2c1Br. The van der Waals surface area contributed by atoms with Gasteiger partial charge in [-0.1, -0.05) is 19.9 Å². The highest BCUT2D eigenvalue weighted by molar-refractivity contribution is 9.10. The normalized spacial score (nSPS) is 20.3. The van der Waals surface area contributed by atoms with E-state index in [0.717, 1.165) is 35.1 Å². The van der Waals surface area contributed by atoms with Gasteiger partial charge in [0.05, 0.1) is 11.2 Å². The van der Waals surface area contributed by atoms with Crippen molar-refractivity contribution in [3.63, 3.8) is 0 Å². The topological polar surface area (TPSA) is 37.9 Å². The zero-order valence-corrected chi connectivity index (χ0v) is 13.0. The Kier molecular flexibility index (Phi) is 3.63. The van der Waals surface area contributed by atoms with Crippen LogP contribution >= 0.6 is 15.9 Å². The molecule has 0 aliphatic carbocycles. The van der Waals surface area contributed by atoms with Gasteiger partial charge in [0.2, 0.25) is 0 Å². The molecule has 19 heavy (non-hydrogen) atoms. The van der Waals surface area contributed by atoms with E-state index in [2.05, 4.69) is 52.1 Å². The first kappa shape index (κ1) is 13.1. The third-order valence-corrected chi connectivity index (χ3v) is 4.69. The summed E-state index contributed by atoms with van der Waals surface area (Å²) in [5.74, 6) is 0.494. The van der Waals surface area contributed by atoms with Crippen LogP contribution < -0.4 is 0 Å². The van der Waals surface area contributed by atoms with Crippen LogP contribution in [0.1, 0.15) is 56.4 Å².